The predicted octanol–water partition coefficient (Wildman–Crippen LogP) is 2.02. The van der Waals surface area contributed by atoms with Crippen molar-refractivity contribution in [1.29, 1.82) is 0 Å². The average Bonchev–Trinajstić information content (AvgIpc) is 2.38. The summed E-state index contributed by atoms with van der Waals surface area (Å²) < 4.78 is 18.6. The maximum absolute atomic E-state index is 13.7. The number of nitrogens with one attached hydrogen (secondary N) is 1. The van der Waals surface area contributed by atoms with E-state index in [1.54, 1.807) is 12.1 Å². The molecule has 1 aromatic carbocycles. The standard InChI is InChI=1S/C13H19FN2O/c1-3-10-9-15-6-7-16(10)11-4-5-13(17-2)12(14)8-11/h4-5,8,10,15H,3,6-7,9H2,1-2H3. The third-order valence-electron chi connectivity index (χ3n) is 3.29. The highest BCUT2D eigenvalue weighted by molar-refractivity contribution is 5.51. The fourth-order valence-corrected chi connectivity index (χ4v) is 2.30. The lowest BCUT2D eigenvalue weighted by atomic mass is 10.1. The Hall–Kier alpha value is -1.29. The molecule has 1 heterocycles. The molecule has 0 bridgehead atoms. The lowest BCUT2D eigenvalue weighted by Crippen LogP contribution is -2.51. The number of hydrogen-bond donors (Lipinski definition) is 1. The molecule has 1 atom stereocenters. The van der Waals surface area contributed by atoms with Gasteiger partial charge in [0.05, 0.1) is 7.11 Å². The minimum Gasteiger partial charge on any atom is -0.494 e. The molecule has 1 aliphatic rings. The van der Waals surface area contributed by atoms with E-state index in [0.717, 1.165) is 31.7 Å². The largest absolute Gasteiger partial charge is 0.494 e. The molecule has 0 aromatic heterocycles. The molecule has 2 rings (SSSR count). The highest BCUT2D eigenvalue weighted by atomic mass is 19.1. The lowest BCUT2D eigenvalue weighted by molar-refractivity contribution is 0.386. The first kappa shape index (κ1) is 12.2. The summed E-state index contributed by atoms with van der Waals surface area (Å²) in [5.41, 5.74) is 0.941. The van der Waals surface area contributed by atoms with Crippen molar-refractivity contribution in [2.45, 2.75) is 19.4 Å². The quantitative estimate of drug-likeness (QED) is 0.872. The third kappa shape index (κ3) is 2.52. The minimum absolute atomic E-state index is 0.293. The maximum Gasteiger partial charge on any atom is 0.167 e. The number of rotatable bonds is 3. The number of nitrogens with zero attached hydrogens (tertiary/aromatic N) is 1. The number of halogens is 1. The van der Waals surface area contributed by atoms with Crippen LogP contribution in [0.15, 0.2) is 18.2 Å². The van der Waals surface area contributed by atoms with Gasteiger partial charge < -0.3 is 15.0 Å². The Morgan fingerprint density at radius 1 is 1.53 bits per heavy atom. The fraction of sp³-hybridized carbons (Fsp3) is 0.538. The van der Waals surface area contributed by atoms with Gasteiger partial charge in [-0.1, -0.05) is 6.92 Å². The molecule has 3 nitrogen and oxygen atoms in total. The highest BCUT2D eigenvalue weighted by Gasteiger charge is 2.21. The molecule has 1 fully saturated rings. The molecule has 0 saturated carbocycles. The first-order valence-electron chi connectivity index (χ1n) is 6.07. The molecule has 17 heavy (non-hydrogen) atoms. The van der Waals surface area contributed by atoms with Crippen LogP contribution in [-0.4, -0.2) is 32.8 Å². The van der Waals surface area contributed by atoms with E-state index in [2.05, 4.69) is 17.1 Å². The number of anilines is 1. The second kappa shape index (κ2) is 5.36. The van der Waals surface area contributed by atoms with E-state index in [0.29, 0.717) is 11.8 Å². The van der Waals surface area contributed by atoms with E-state index in [-0.39, 0.29) is 5.82 Å². The van der Waals surface area contributed by atoms with E-state index in [1.807, 2.05) is 6.07 Å². The molecular formula is C13H19FN2O. The summed E-state index contributed by atoms with van der Waals surface area (Å²) in [6.45, 7) is 4.99. The SMILES string of the molecule is CCC1CNCCN1c1ccc(OC)c(F)c1. The van der Waals surface area contributed by atoms with Crippen molar-refractivity contribution in [3.8, 4) is 5.75 Å². The van der Waals surface area contributed by atoms with Crippen LogP contribution in [0.25, 0.3) is 0 Å². The van der Waals surface area contributed by atoms with E-state index in [4.69, 9.17) is 4.74 Å². The summed E-state index contributed by atoms with van der Waals surface area (Å²) >= 11 is 0. The van der Waals surface area contributed by atoms with Gasteiger partial charge in [-0.25, -0.2) is 4.39 Å². The molecule has 1 aliphatic heterocycles. The summed E-state index contributed by atoms with van der Waals surface area (Å²) in [7, 11) is 1.48. The van der Waals surface area contributed by atoms with Gasteiger partial charge in [-0.3, -0.25) is 0 Å². The molecule has 4 heteroatoms. The lowest BCUT2D eigenvalue weighted by Gasteiger charge is -2.37. The van der Waals surface area contributed by atoms with Gasteiger partial charge in [0.15, 0.2) is 11.6 Å². The molecule has 94 valence electrons. The van der Waals surface area contributed by atoms with Crippen molar-refractivity contribution in [3.63, 3.8) is 0 Å². The van der Waals surface area contributed by atoms with E-state index < -0.39 is 0 Å². The first-order chi connectivity index (χ1) is 8.26. The normalized spacial score (nSPS) is 20.4. The second-order valence-electron chi connectivity index (χ2n) is 4.28. The van der Waals surface area contributed by atoms with Crippen molar-refractivity contribution in [2.75, 3.05) is 31.6 Å². The number of benzene rings is 1. The topological polar surface area (TPSA) is 24.5 Å². The smallest absolute Gasteiger partial charge is 0.167 e. The molecule has 0 radical (unpaired) electrons. The average molecular weight is 238 g/mol. The summed E-state index contributed by atoms with van der Waals surface area (Å²) in [6.07, 6.45) is 1.06. The zero-order chi connectivity index (χ0) is 12.3. The Bertz CT molecular complexity index is 384. The van der Waals surface area contributed by atoms with Gasteiger partial charge in [-0.05, 0) is 18.6 Å². The van der Waals surface area contributed by atoms with Crippen molar-refractivity contribution in [1.82, 2.24) is 5.32 Å². The van der Waals surface area contributed by atoms with Crippen LogP contribution < -0.4 is 15.0 Å². The zero-order valence-electron chi connectivity index (χ0n) is 10.4. The van der Waals surface area contributed by atoms with Crippen LogP contribution in [-0.2, 0) is 0 Å². The number of piperazine rings is 1. The van der Waals surface area contributed by atoms with E-state index in [1.165, 1.54) is 7.11 Å². The number of methoxy groups -OCH3 is 1. The molecule has 1 aromatic rings. The van der Waals surface area contributed by atoms with Gasteiger partial charge in [0.2, 0.25) is 0 Å². The Balaban J connectivity index is 2.23. The van der Waals surface area contributed by atoms with Crippen LogP contribution in [0.1, 0.15) is 13.3 Å². The van der Waals surface area contributed by atoms with E-state index in [9.17, 15) is 4.39 Å². The highest BCUT2D eigenvalue weighted by Crippen LogP contribution is 2.26. The van der Waals surface area contributed by atoms with Gasteiger partial charge in [0, 0.05) is 37.4 Å². The molecule has 0 aliphatic carbocycles. The Kier molecular flexibility index (Phi) is 3.84. The van der Waals surface area contributed by atoms with Crippen LogP contribution >= 0.6 is 0 Å². The maximum atomic E-state index is 13.7. The fourth-order valence-electron chi connectivity index (χ4n) is 2.30. The van der Waals surface area contributed by atoms with E-state index >= 15 is 0 Å². The van der Waals surface area contributed by atoms with Crippen LogP contribution in [0.4, 0.5) is 10.1 Å². The Morgan fingerprint density at radius 2 is 2.35 bits per heavy atom. The van der Waals surface area contributed by atoms with Crippen molar-refractivity contribution in [2.24, 2.45) is 0 Å². The van der Waals surface area contributed by atoms with Crippen LogP contribution in [0.5, 0.6) is 5.75 Å². The summed E-state index contributed by atoms with van der Waals surface area (Å²) in [4.78, 5) is 2.26. The second-order valence-corrected chi connectivity index (χ2v) is 4.28. The molecule has 1 N–H and O–H groups in total. The monoisotopic (exact) mass is 238 g/mol. The number of ether oxygens (including phenoxy) is 1. The van der Waals surface area contributed by atoms with Gasteiger partial charge in [0.25, 0.3) is 0 Å². The first-order valence-corrected chi connectivity index (χ1v) is 6.07. The molecule has 1 saturated heterocycles. The van der Waals surface area contributed by atoms with Crippen molar-refractivity contribution >= 4 is 5.69 Å². The molecule has 0 spiro atoms. The van der Waals surface area contributed by atoms with Gasteiger partial charge in [-0.2, -0.15) is 0 Å². The molecule has 1 unspecified atom stereocenters. The van der Waals surface area contributed by atoms with Crippen LogP contribution in [0, 0.1) is 5.82 Å². The summed E-state index contributed by atoms with van der Waals surface area (Å²) in [5, 5.41) is 3.36. The van der Waals surface area contributed by atoms with Crippen molar-refractivity contribution in [3.05, 3.63) is 24.0 Å². The Morgan fingerprint density at radius 3 is 3.00 bits per heavy atom. The van der Waals surface area contributed by atoms with Gasteiger partial charge in [0.1, 0.15) is 0 Å². The van der Waals surface area contributed by atoms with Crippen molar-refractivity contribution < 1.29 is 9.13 Å². The van der Waals surface area contributed by atoms with Crippen LogP contribution in [0.2, 0.25) is 0 Å². The van der Waals surface area contributed by atoms with Gasteiger partial charge >= 0.3 is 0 Å². The predicted molar refractivity (Wildman–Crippen MR) is 67.2 cm³/mol. The Labute approximate surface area is 102 Å². The zero-order valence-corrected chi connectivity index (χ0v) is 10.4. The molecular weight excluding hydrogens is 219 g/mol. The third-order valence-corrected chi connectivity index (χ3v) is 3.29. The summed E-state index contributed by atoms with van der Waals surface area (Å²) in [6, 6.07) is 5.62. The number of hydrogen-bond acceptors (Lipinski definition) is 3. The minimum atomic E-state index is -0.293. The van der Waals surface area contributed by atoms with Gasteiger partial charge in [-0.15, -0.1) is 0 Å². The molecule has 0 amide bonds. The summed E-state index contributed by atoms with van der Waals surface area (Å²) in [5.74, 6) is 0.00955. The van der Waals surface area contributed by atoms with Crippen LogP contribution in [0.3, 0.4) is 0 Å².